The van der Waals surface area contributed by atoms with Crippen LogP contribution in [0.3, 0.4) is 0 Å². The normalized spacial score (nSPS) is 24.9. The second-order valence-electron chi connectivity index (χ2n) is 4.01. The summed E-state index contributed by atoms with van der Waals surface area (Å²) in [5.41, 5.74) is 10.1. The third-order valence-corrected chi connectivity index (χ3v) is 3.41. The Bertz CT molecular complexity index is 165. The van der Waals surface area contributed by atoms with E-state index in [2.05, 4.69) is 0 Å². The second kappa shape index (κ2) is 3.92. The average molecular weight is 188 g/mol. The summed E-state index contributed by atoms with van der Waals surface area (Å²) in [5, 5.41) is 10.3. The SMILES string of the molecule is COCC(O)(CN)C1(CN)CCC1. The quantitative estimate of drug-likeness (QED) is 0.541. The molecule has 5 N–H and O–H groups in total. The van der Waals surface area contributed by atoms with Gasteiger partial charge in [-0.1, -0.05) is 6.42 Å². The molecule has 0 saturated heterocycles. The summed E-state index contributed by atoms with van der Waals surface area (Å²) in [6.45, 7) is 0.989. The van der Waals surface area contributed by atoms with Crippen molar-refractivity contribution in [2.24, 2.45) is 16.9 Å². The largest absolute Gasteiger partial charge is 0.386 e. The molecule has 78 valence electrons. The maximum atomic E-state index is 10.3. The van der Waals surface area contributed by atoms with E-state index >= 15 is 0 Å². The third kappa shape index (κ3) is 1.59. The molecule has 1 atom stereocenters. The van der Waals surface area contributed by atoms with E-state index in [0.29, 0.717) is 6.54 Å². The number of rotatable bonds is 5. The van der Waals surface area contributed by atoms with Gasteiger partial charge in [0.05, 0.1) is 6.61 Å². The Balaban J connectivity index is 2.72. The number of ether oxygens (including phenoxy) is 1. The molecule has 1 fully saturated rings. The Kier molecular flexibility index (Phi) is 3.29. The van der Waals surface area contributed by atoms with Gasteiger partial charge in [-0.05, 0) is 12.8 Å². The van der Waals surface area contributed by atoms with Crippen LogP contribution in [0.5, 0.6) is 0 Å². The van der Waals surface area contributed by atoms with Crippen molar-refractivity contribution in [3.63, 3.8) is 0 Å². The lowest BCUT2D eigenvalue weighted by Gasteiger charge is -2.52. The monoisotopic (exact) mass is 188 g/mol. The van der Waals surface area contributed by atoms with Crippen molar-refractivity contribution in [2.75, 3.05) is 26.8 Å². The van der Waals surface area contributed by atoms with E-state index in [0.717, 1.165) is 19.3 Å². The van der Waals surface area contributed by atoms with Crippen LogP contribution in [0, 0.1) is 5.41 Å². The van der Waals surface area contributed by atoms with E-state index in [1.165, 1.54) is 0 Å². The van der Waals surface area contributed by atoms with Crippen LogP contribution >= 0.6 is 0 Å². The molecular weight excluding hydrogens is 168 g/mol. The maximum Gasteiger partial charge on any atom is 0.107 e. The van der Waals surface area contributed by atoms with Crippen molar-refractivity contribution in [3.05, 3.63) is 0 Å². The lowest BCUT2D eigenvalue weighted by atomic mass is 9.58. The van der Waals surface area contributed by atoms with Crippen LogP contribution in [0.15, 0.2) is 0 Å². The van der Waals surface area contributed by atoms with Crippen molar-refractivity contribution >= 4 is 0 Å². The topological polar surface area (TPSA) is 81.5 Å². The molecule has 0 radical (unpaired) electrons. The number of methoxy groups -OCH3 is 1. The zero-order valence-corrected chi connectivity index (χ0v) is 8.25. The van der Waals surface area contributed by atoms with Gasteiger partial charge in [-0.3, -0.25) is 0 Å². The van der Waals surface area contributed by atoms with Crippen molar-refractivity contribution in [1.82, 2.24) is 0 Å². The average Bonchev–Trinajstić information content (AvgIpc) is 2.04. The summed E-state index contributed by atoms with van der Waals surface area (Å²) < 4.78 is 5.00. The minimum Gasteiger partial charge on any atom is -0.386 e. The second-order valence-corrected chi connectivity index (χ2v) is 4.01. The lowest BCUT2D eigenvalue weighted by Crippen LogP contribution is -2.62. The zero-order chi connectivity index (χ0) is 9.95. The van der Waals surface area contributed by atoms with Gasteiger partial charge in [0.2, 0.25) is 0 Å². The Morgan fingerprint density at radius 2 is 2.08 bits per heavy atom. The Morgan fingerprint density at radius 3 is 2.31 bits per heavy atom. The minimum absolute atomic E-state index is 0.197. The van der Waals surface area contributed by atoms with Crippen LogP contribution in [0.2, 0.25) is 0 Å². The summed E-state index contributed by atoms with van der Waals surface area (Å²) in [4.78, 5) is 0. The smallest absolute Gasteiger partial charge is 0.107 e. The first-order chi connectivity index (χ1) is 6.14. The van der Waals surface area contributed by atoms with Gasteiger partial charge >= 0.3 is 0 Å². The minimum atomic E-state index is -0.936. The highest BCUT2D eigenvalue weighted by atomic mass is 16.5. The van der Waals surface area contributed by atoms with E-state index in [4.69, 9.17) is 16.2 Å². The molecule has 0 aliphatic heterocycles. The maximum absolute atomic E-state index is 10.3. The molecule has 1 rings (SSSR count). The van der Waals surface area contributed by atoms with Crippen LogP contribution in [0.25, 0.3) is 0 Å². The summed E-state index contributed by atoms with van der Waals surface area (Å²) >= 11 is 0. The van der Waals surface area contributed by atoms with Crippen LogP contribution in [0.1, 0.15) is 19.3 Å². The molecule has 1 unspecified atom stereocenters. The van der Waals surface area contributed by atoms with Gasteiger partial charge in [-0.25, -0.2) is 0 Å². The highest BCUT2D eigenvalue weighted by Gasteiger charge is 2.52. The Hall–Kier alpha value is -0.160. The fraction of sp³-hybridized carbons (Fsp3) is 1.00. The van der Waals surface area contributed by atoms with E-state index in [1.807, 2.05) is 0 Å². The summed E-state index contributed by atoms with van der Waals surface area (Å²) in [7, 11) is 1.57. The van der Waals surface area contributed by atoms with E-state index in [9.17, 15) is 5.11 Å². The molecule has 0 heterocycles. The van der Waals surface area contributed by atoms with Crippen LogP contribution in [-0.4, -0.2) is 37.5 Å². The van der Waals surface area contributed by atoms with Gasteiger partial charge in [0.1, 0.15) is 5.60 Å². The predicted molar refractivity (Wildman–Crippen MR) is 51.2 cm³/mol. The molecule has 0 aromatic carbocycles. The van der Waals surface area contributed by atoms with Crippen molar-refractivity contribution in [2.45, 2.75) is 24.9 Å². The fourth-order valence-electron chi connectivity index (χ4n) is 2.13. The van der Waals surface area contributed by atoms with E-state index < -0.39 is 5.60 Å². The standard InChI is InChI=1S/C9H20N2O2/c1-13-7-9(12,6-11)8(5-10)3-2-4-8/h12H,2-7,10-11H2,1H3. The van der Waals surface area contributed by atoms with Gasteiger partial charge in [0, 0.05) is 25.6 Å². The molecule has 1 aliphatic rings. The van der Waals surface area contributed by atoms with E-state index in [1.54, 1.807) is 7.11 Å². The molecule has 1 saturated carbocycles. The number of hydrogen-bond donors (Lipinski definition) is 3. The molecule has 0 bridgehead atoms. The van der Waals surface area contributed by atoms with Crippen LogP contribution < -0.4 is 11.5 Å². The predicted octanol–water partition coefficient (Wildman–Crippen LogP) is -0.548. The molecular formula is C9H20N2O2. The highest BCUT2D eigenvalue weighted by Crippen LogP contribution is 2.48. The van der Waals surface area contributed by atoms with E-state index in [-0.39, 0.29) is 18.6 Å². The van der Waals surface area contributed by atoms with Gasteiger partial charge in [0.25, 0.3) is 0 Å². The molecule has 0 spiro atoms. The number of nitrogens with two attached hydrogens (primary N) is 2. The molecule has 1 aliphatic carbocycles. The van der Waals surface area contributed by atoms with Gasteiger partial charge < -0.3 is 21.3 Å². The van der Waals surface area contributed by atoms with Crippen LogP contribution in [-0.2, 0) is 4.74 Å². The Labute approximate surface area is 79.2 Å². The first kappa shape index (κ1) is 10.9. The first-order valence-electron chi connectivity index (χ1n) is 4.75. The Morgan fingerprint density at radius 1 is 1.46 bits per heavy atom. The van der Waals surface area contributed by atoms with Gasteiger partial charge in [0.15, 0.2) is 0 Å². The molecule has 0 aromatic rings. The van der Waals surface area contributed by atoms with Crippen LogP contribution in [0.4, 0.5) is 0 Å². The van der Waals surface area contributed by atoms with Crippen molar-refractivity contribution < 1.29 is 9.84 Å². The van der Waals surface area contributed by atoms with Crippen molar-refractivity contribution in [3.8, 4) is 0 Å². The van der Waals surface area contributed by atoms with Crippen molar-refractivity contribution in [1.29, 1.82) is 0 Å². The summed E-state index contributed by atoms with van der Waals surface area (Å²) in [6, 6.07) is 0. The molecule has 0 amide bonds. The third-order valence-electron chi connectivity index (χ3n) is 3.41. The summed E-state index contributed by atoms with van der Waals surface area (Å²) in [6.07, 6.45) is 3.05. The molecule has 13 heavy (non-hydrogen) atoms. The first-order valence-corrected chi connectivity index (χ1v) is 4.75. The summed E-state index contributed by atoms with van der Waals surface area (Å²) in [5.74, 6) is 0. The van der Waals surface area contributed by atoms with Gasteiger partial charge in [-0.2, -0.15) is 0 Å². The number of hydrogen-bond acceptors (Lipinski definition) is 4. The number of aliphatic hydroxyl groups is 1. The molecule has 4 nitrogen and oxygen atoms in total. The zero-order valence-electron chi connectivity index (χ0n) is 8.25. The highest BCUT2D eigenvalue weighted by molar-refractivity contribution is 5.05. The lowest BCUT2D eigenvalue weighted by molar-refractivity contribution is -0.148. The molecule has 0 aromatic heterocycles. The van der Waals surface area contributed by atoms with Gasteiger partial charge in [-0.15, -0.1) is 0 Å². The fourth-order valence-corrected chi connectivity index (χ4v) is 2.13. The molecule has 4 heteroatoms.